The molecule has 0 spiro atoms. The molecule has 0 atom stereocenters. The zero-order chi connectivity index (χ0) is 43.2. The molecule has 12 aromatic rings. The Bertz CT molecular complexity index is 3620. The average Bonchev–Trinajstić information content (AvgIpc) is 3.48. The van der Waals surface area contributed by atoms with E-state index in [4.69, 9.17) is 9.05 Å². The average molecular weight is 853 g/mol. The molecule has 0 radical (unpaired) electrons. The largest absolute Gasteiger partial charge is 0.584 e. The van der Waals surface area contributed by atoms with E-state index in [-0.39, 0.29) is 0 Å². The molecule has 306 valence electrons. The van der Waals surface area contributed by atoms with Gasteiger partial charge in [0.1, 0.15) is 11.5 Å². The van der Waals surface area contributed by atoms with E-state index in [1.165, 1.54) is 54.2 Å². The van der Waals surface area contributed by atoms with Gasteiger partial charge in [0, 0.05) is 22.3 Å². The van der Waals surface area contributed by atoms with Gasteiger partial charge >= 0.3 is 7.82 Å². The lowest BCUT2D eigenvalue weighted by Gasteiger charge is -2.19. The highest BCUT2D eigenvalue weighted by atomic mass is 31.2. The molecule has 4 nitrogen and oxygen atoms in total. The molecular formula is C60H37O4P. The normalized spacial score (nSPS) is 13.1. The summed E-state index contributed by atoms with van der Waals surface area (Å²) in [6, 6.07) is 75.8. The van der Waals surface area contributed by atoms with Crippen LogP contribution in [0.2, 0.25) is 0 Å². The molecule has 5 heteroatoms. The van der Waals surface area contributed by atoms with Crippen molar-refractivity contribution in [1.82, 2.24) is 0 Å². The van der Waals surface area contributed by atoms with Crippen LogP contribution in [0.15, 0.2) is 218 Å². The molecule has 1 heterocycles. The van der Waals surface area contributed by atoms with Crippen LogP contribution in [-0.2, 0) is 4.57 Å². The quantitative estimate of drug-likeness (QED) is 0.142. The Hall–Kier alpha value is -8.01. The summed E-state index contributed by atoms with van der Waals surface area (Å²) in [6.45, 7) is 0. The summed E-state index contributed by atoms with van der Waals surface area (Å²) >= 11 is 0. The van der Waals surface area contributed by atoms with E-state index in [9.17, 15) is 9.46 Å². The van der Waals surface area contributed by atoms with Crippen LogP contribution in [0.25, 0.3) is 120 Å². The van der Waals surface area contributed by atoms with Crippen molar-refractivity contribution in [2.75, 3.05) is 0 Å². The maximum atomic E-state index is 14.5. The first-order valence-electron chi connectivity index (χ1n) is 21.8. The number of phosphoric ester groups is 1. The molecule has 1 aliphatic rings. The molecule has 0 amide bonds. The van der Waals surface area contributed by atoms with Gasteiger partial charge in [-0.05, 0) is 122 Å². The minimum atomic E-state index is -4.77. The van der Waals surface area contributed by atoms with E-state index >= 15 is 0 Å². The van der Waals surface area contributed by atoms with Crippen LogP contribution in [-0.4, -0.2) is 4.89 Å². The fraction of sp³-hybridized carbons (Fsp3) is 0. The van der Waals surface area contributed by atoms with Gasteiger partial charge in [0.2, 0.25) is 0 Å². The highest BCUT2D eigenvalue weighted by molar-refractivity contribution is 7.48. The first-order chi connectivity index (χ1) is 32.0. The number of fused-ring (bicyclic) bond motifs is 11. The van der Waals surface area contributed by atoms with Crippen molar-refractivity contribution in [3.05, 3.63) is 218 Å². The molecule has 12 aromatic carbocycles. The van der Waals surface area contributed by atoms with Crippen LogP contribution in [0, 0.1) is 0 Å². The van der Waals surface area contributed by atoms with Crippen molar-refractivity contribution in [1.29, 1.82) is 0 Å². The van der Waals surface area contributed by atoms with Crippen LogP contribution in [0.5, 0.6) is 11.5 Å². The lowest BCUT2D eigenvalue weighted by molar-refractivity contribution is 0.295. The van der Waals surface area contributed by atoms with Crippen LogP contribution < -0.4 is 9.05 Å². The minimum Gasteiger partial charge on any atom is -0.394 e. The van der Waals surface area contributed by atoms with E-state index in [0.29, 0.717) is 33.8 Å². The molecule has 0 saturated carbocycles. The molecule has 13 rings (SSSR count). The van der Waals surface area contributed by atoms with Gasteiger partial charge in [-0.1, -0.05) is 194 Å². The zero-order valence-corrected chi connectivity index (χ0v) is 35.8. The molecule has 0 aromatic heterocycles. The van der Waals surface area contributed by atoms with E-state index in [1.54, 1.807) is 0 Å². The fourth-order valence-corrected chi connectivity index (χ4v) is 11.2. The van der Waals surface area contributed by atoms with Crippen molar-refractivity contribution >= 4 is 72.5 Å². The summed E-state index contributed by atoms with van der Waals surface area (Å²) in [5.41, 5.74) is 8.98. The standard InChI is InChI=1S/C60H37O4P/c61-65(62)63-59-53(37-25-29-39(30-26-37)55-47-19-7-1-13-41(47)33-42-14-2-8-20-48(42)55)35-45-17-5-11-23-51(45)57(59)58-52-24-12-6-18-46(52)36-54(60(58)64-65)38-27-31-40(32-28-38)56-49-21-9-3-15-43(49)34-44-16-4-10-22-50(44)56/h1-36H,(H,61,62). The summed E-state index contributed by atoms with van der Waals surface area (Å²) in [7, 11) is -4.77. The fourth-order valence-electron chi connectivity index (χ4n) is 10.3. The third kappa shape index (κ3) is 6.07. The summed E-state index contributed by atoms with van der Waals surface area (Å²) in [5, 5.41) is 13.1. The Morgan fingerprint density at radius 2 is 0.538 bits per heavy atom. The van der Waals surface area contributed by atoms with Crippen molar-refractivity contribution in [3.8, 4) is 67.1 Å². The maximum Gasteiger partial charge on any atom is 0.584 e. The second-order valence-corrected chi connectivity index (χ2v) is 18.2. The number of hydrogen-bond acceptors (Lipinski definition) is 3. The molecule has 0 bridgehead atoms. The number of phosphoric acid groups is 1. The predicted molar refractivity (Wildman–Crippen MR) is 270 cm³/mol. The summed E-state index contributed by atoms with van der Waals surface area (Å²) < 4.78 is 27.2. The Morgan fingerprint density at radius 3 is 0.846 bits per heavy atom. The maximum absolute atomic E-state index is 14.5. The first kappa shape index (κ1) is 37.5. The Balaban J connectivity index is 1.02. The van der Waals surface area contributed by atoms with Crippen molar-refractivity contribution < 1.29 is 18.5 Å². The first-order valence-corrected chi connectivity index (χ1v) is 23.3. The predicted octanol–water partition coefficient (Wildman–Crippen LogP) is 16.8. The minimum absolute atomic E-state index is 0.303. The van der Waals surface area contributed by atoms with Crippen LogP contribution in [0.4, 0.5) is 0 Å². The third-order valence-corrected chi connectivity index (χ3v) is 14.0. The smallest absolute Gasteiger partial charge is 0.394 e. The number of rotatable bonds is 4. The molecule has 1 N–H and O–H groups in total. The van der Waals surface area contributed by atoms with Gasteiger partial charge in [-0.25, -0.2) is 4.57 Å². The van der Waals surface area contributed by atoms with Gasteiger partial charge < -0.3 is 9.05 Å². The van der Waals surface area contributed by atoms with Gasteiger partial charge in [0.25, 0.3) is 0 Å². The third-order valence-electron chi connectivity index (χ3n) is 13.2. The van der Waals surface area contributed by atoms with Gasteiger partial charge in [-0.3, -0.25) is 4.89 Å². The molecular weight excluding hydrogens is 816 g/mol. The Kier molecular flexibility index (Phi) is 8.38. The van der Waals surface area contributed by atoms with Gasteiger partial charge in [0.05, 0.1) is 0 Å². The Labute approximate surface area is 374 Å². The summed E-state index contributed by atoms with van der Waals surface area (Å²) in [5.74, 6) is 0.606. The Morgan fingerprint density at radius 1 is 0.292 bits per heavy atom. The summed E-state index contributed by atoms with van der Waals surface area (Å²) in [4.78, 5) is 11.8. The van der Waals surface area contributed by atoms with E-state index < -0.39 is 7.82 Å². The lowest BCUT2D eigenvalue weighted by Crippen LogP contribution is -2.00. The highest BCUT2D eigenvalue weighted by Gasteiger charge is 2.37. The molecule has 1 aliphatic heterocycles. The monoisotopic (exact) mass is 852 g/mol. The molecule has 0 fully saturated rings. The molecule has 0 saturated heterocycles. The van der Waals surface area contributed by atoms with E-state index in [1.807, 2.05) is 24.3 Å². The van der Waals surface area contributed by atoms with Crippen LogP contribution in [0.1, 0.15) is 0 Å². The van der Waals surface area contributed by atoms with Gasteiger partial charge in [-0.15, -0.1) is 0 Å². The highest BCUT2D eigenvalue weighted by Crippen LogP contribution is 2.61. The second-order valence-electron chi connectivity index (χ2n) is 16.9. The zero-order valence-electron chi connectivity index (χ0n) is 34.9. The van der Waals surface area contributed by atoms with Crippen LogP contribution >= 0.6 is 7.82 Å². The van der Waals surface area contributed by atoms with Crippen molar-refractivity contribution in [2.24, 2.45) is 0 Å². The number of benzene rings is 12. The molecule has 0 unspecified atom stereocenters. The van der Waals surface area contributed by atoms with Crippen LogP contribution in [0.3, 0.4) is 0 Å². The molecule has 0 aliphatic carbocycles. The second kappa shape index (κ2) is 14.5. The van der Waals surface area contributed by atoms with Crippen molar-refractivity contribution in [2.45, 2.75) is 0 Å². The van der Waals surface area contributed by atoms with Crippen molar-refractivity contribution in [3.63, 3.8) is 0 Å². The van der Waals surface area contributed by atoms with E-state index in [0.717, 1.165) is 43.8 Å². The molecule has 65 heavy (non-hydrogen) atoms. The SMILES string of the molecule is O=P1(O)Oc2c(-c3ccc(-c4c5ccccc5cc5ccccc45)cc3)cc3ccccc3c2-c2c(c(-c3ccc(-c4c5ccccc5cc5ccccc45)cc3)cc3ccccc23)O1. The number of hydrogen-bond donors (Lipinski definition) is 1. The summed E-state index contributed by atoms with van der Waals surface area (Å²) in [6.07, 6.45) is 0. The topological polar surface area (TPSA) is 55.8 Å². The van der Waals surface area contributed by atoms with Gasteiger partial charge in [-0.2, -0.15) is 0 Å². The van der Waals surface area contributed by atoms with E-state index in [2.05, 4.69) is 194 Å². The lowest BCUT2D eigenvalue weighted by atomic mass is 9.86. The van der Waals surface area contributed by atoms with Gasteiger partial charge in [0.15, 0.2) is 0 Å².